The maximum atomic E-state index is 5.77. The van der Waals surface area contributed by atoms with Gasteiger partial charge in [0.05, 0.1) is 0 Å². The molecule has 3 nitrogen and oxygen atoms in total. The molecule has 0 aromatic heterocycles. The van der Waals surface area contributed by atoms with Crippen molar-refractivity contribution in [3.8, 4) is 0 Å². The van der Waals surface area contributed by atoms with Crippen molar-refractivity contribution in [1.29, 1.82) is 0 Å². The van der Waals surface area contributed by atoms with Crippen molar-refractivity contribution in [2.45, 2.75) is 31.8 Å². The summed E-state index contributed by atoms with van der Waals surface area (Å²) in [6.45, 7) is 4.85. The molecule has 0 atom stereocenters. The zero-order valence-corrected chi connectivity index (χ0v) is 11.7. The minimum absolute atomic E-state index is 0.201. The number of hydrogen-bond acceptors (Lipinski definition) is 3. The Labute approximate surface area is 111 Å². The predicted molar refractivity (Wildman–Crippen MR) is 73.9 cm³/mol. The predicted octanol–water partition coefficient (Wildman–Crippen LogP) is 2.69. The molecule has 1 aliphatic rings. The van der Waals surface area contributed by atoms with E-state index in [9.17, 15) is 0 Å². The minimum Gasteiger partial charge on any atom is -0.398 e. The molecule has 1 aliphatic heterocycles. The first-order valence-electron chi connectivity index (χ1n) is 5.96. The second-order valence-electron chi connectivity index (χ2n) is 4.88. The maximum Gasteiger partial charge on any atom is 0.0483 e. The highest BCUT2D eigenvalue weighted by molar-refractivity contribution is 9.10. The highest BCUT2D eigenvalue weighted by Crippen LogP contribution is 2.23. The van der Waals surface area contributed by atoms with Gasteiger partial charge >= 0.3 is 0 Å². The Morgan fingerprint density at radius 3 is 2.76 bits per heavy atom. The van der Waals surface area contributed by atoms with E-state index in [1.54, 1.807) is 0 Å². The van der Waals surface area contributed by atoms with Crippen molar-refractivity contribution in [3.63, 3.8) is 0 Å². The van der Waals surface area contributed by atoms with Crippen molar-refractivity contribution >= 4 is 21.6 Å². The zero-order valence-electron chi connectivity index (χ0n) is 10.1. The van der Waals surface area contributed by atoms with Gasteiger partial charge in [-0.15, -0.1) is 0 Å². The number of nitrogens with two attached hydrogens (primary N) is 1. The average molecular weight is 299 g/mol. The van der Waals surface area contributed by atoms with Crippen molar-refractivity contribution < 1.29 is 4.74 Å². The molecule has 1 aromatic carbocycles. The summed E-state index contributed by atoms with van der Waals surface area (Å²) in [5.41, 5.74) is 8.00. The summed E-state index contributed by atoms with van der Waals surface area (Å²) in [7, 11) is 0. The lowest BCUT2D eigenvalue weighted by atomic mass is 9.92. The molecule has 0 unspecified atom stereocenters. The van der Waals surface area contributed by atoms with E-state index in [-0.39, 0.29) is 5.54 Å². The molecule has 17 heavy (non-hydrogen) atoms. The Morgan fingerprint density at radius 1 is 1.41 bits per heavy atom. The van der Waals surface area contributed by atoms with E-state index in [4.69, 9.17) is 10.5 Å². The fraction of sp³-hybridized carbons (Fsp3) is 0.538. The monoisotopic (exact) mass is 298 g/mol. The lowest BCUT2D eigenvalue weighted by Crippen LogP contribution is -2.46. The number of ether oxygens (including phenoxy) is 1. The van der Waals surface area contributed by atoms with E-state index < -0.39 is 0 Å². The molecule has 94 valence electrons. The Hall–Kier alpha value is -0.580. The number of anilines is 1. The van der Waals surface area contributed by atoms with Crippen molar-refractivity contribution in [3.05, 3.63) is 28.2 Å². The second kappa shape index (κ2) is 5.38. The van der Waals surface area contributed by atoms with Crippen molar-refractivity contribution in [1.82, 2.24) is 5.32 Å². The number of rotatable bonds is 3. The number of hydrogen-bond donors (Lipinski definition) is 2. The molecule has 2 rings (SSSR count). The van der Waals surface area contributed by atoms with E-state index in [0.29, 0.717) is 0 Å². The molecule has 0 aliphatic carbocycles. The SMILES string of the molecule is CC1(NCc2ccc(N)c(Br)c2)CCOCC1. The van der Waals surface area contributed by atoms with Crippen molar-refractivity contribution in [2.24, 2.45) is 0 Å². The third-order valence-corrected chi connectivity index (χ3v) is 4.07. The van der Waals surface area contributed by atoms with Gasteiger partial charge < -0.3 is 15.8 Å². The zero-order chi connectivity index (χ0) is 12.3. The fourth-order valence-corrected chi connectivity index (χ4v) is 2.42. The van der Waals surface area contributed by atoms with E-state index in [1.165, 1.54) is 5.56 Å². The van der Waals surface area contributed by atoms with Gasteiger partial charge in [0.2, 0.25) is 0 Å². The van der Waals surface area contributed by atoms with Crippen LogP contribution in [0.25, 0.3) is 0 Å². The summed E-state index contributed by atoms with van der Waals surface area (Å²) in [5, 5.41) is 3.62. The number of benzene rings is 1. The minimum atomic E-state index is 0.201. The van der Waals surface area contributed by atoms with E-state index in [0.717, 1.165) is 42.8 Å². The topological polar surface area (TPSA) is 47.3 Å². The summed E-state index contributed by atoms with van der Waals surface area (Å²) in [4.78, 5) is 0. The van der Waals surface area contributed by atoms with Crippen LogP contribution >= 0.6 is 15.9 Å². The van der Waals surface area contributed by atoms with Gasteiger partial charge in [0.25, 0.3) is 0 Å². The largest absolute Gasteiger partial charge is 0.398 e. The Balaban J connectivity index is 1.94. The number of nitrogen functional groups attached to an aromatic ring is 1. The molecular weight excluding hydrogens is 280 g/mol. The van der Waals surface area contributed by atoms with Crippen LogP contribution in [-0.4, -0.2) is 18.8 Å². The smallest absolute Gasteiger partial charge is 0.0483 e. The third kappa shape index (κ3) is 3.44. The third-order valence-electron chi connectivity index (χ3n) is 3.38. The highest BCUT2D eigenvalue weighted by atomic mass is 79.9. The molecular formula is C13H19BrN2O. The lowest BCUT2D eigenvalue weighted by Gasteiger charge is -2.34. The molecule has 0 amide bonds. The van der Waals surface area contributed by atoms with Crippen LogP contribution < -0.4 is 11.1 Å². The van der Waals surface area contributed by atoms with Crippen LogP contribution in [0.3, 0.4) is 0 Å². The molecule has 4 heteroatoms. The second-order valence-corrected chi connectivity index (χ2v) is 5.74. The van der Waals surface area contributed by atoms with Gasteiger partial charge in [0, 0.05) is 35.5 Å². The molecule has 0 spiro atoms. The standard InChI is InChI=1S/C13H19BrN2O/c1-13(4-6-17-7-5-13)16-9-10-2-3-12(15)11(14)8-10/h2-3,8,16H,4-7,9,15H2,1H3. The molecule has 1 heterocycles. The van der Waals surface area contributed by atoms with Gasteiger partial charge in [-0.2, -0.15) is 0 Å². The molecule has 1 aromatic rings. The molecule has 0 radical (unpaired) electrons. The van der Waals surface area contributed by atoms with Gasteiger partial charge in [-0.1, -0.05) is 6.07 Å². The molecule has 0 bridgehead atoms. The van der Waals surface area contributed by atoms with Gasteiger partial charge in [0.1, 0.15) is 0 Å². The Bertz CT molecular complexity index is 389. The first-order valence-corrected chi connectivity index (χ1v) is 6.75. The van der Waals surface area contributed by atoms with E-state index >= 15 is 0 Å². The fourth-order valence-electron chi connectivity index (χ4n) is 1.99. The van der Waals surface area contributed by atoms with Gasteiger partial charge in [-0.3, -0.25) is 0 Å². The summed E-state index contributed by atoms with van der Waals surface area (Å²) in [6.07, 6.45) is 2.15. The van der Waals surface area contributed by atoms with Crippen molar-refractivity contribution in [2.75, 3.05) is 18.9 Å². The summed E-state index contributed by atoms with van der Waals surface area (Å²) in [5.74, 6) is 0. The van der Waals surface area contributed by atoms with Gasteiger partial charge in [-0.05, 0) is 53.4 Å². The maximum absolute atomic E-state index is 5.77. The lowest BCUT2D eigenvalue weighted by molar-refractivity contribution is 0.0446. The Kier molecular flexibility index (Phi) is 4.07. The van der Waals surface area contributed by atoms with Crippen LogP contribution in [0.1, 0.15) is 25.3 Å². The highest BCUT2D eigenvalue weighted by Gasteiger charge is 2.26. The van der Waals surface area contributed by atoms with Crippen LogP contribution in [0.5, 0.6) is 0 Å². The molecule has 1 saturated heterocycles. The van der Waals surface area contributed by atoms with Gasteiger partial charge in [0.15, 0.2) is 0 Å². The van der Waals surface area contributed by atoms with Crippen LogP contribution in [0, 0.1) is 0 Å². The summed E-state index contributed by atoms with van der Waals surface area (Å²) < 4.78 is 6.35. The molecule has 0 saturated carbocycles. The van der Waals surface area contributed by atoms with Gasteiger partial charge in [-0.25, -0.2) is 0 Å². The van der Waals surface area contributed by atoms with Crippen LogP contribution in [0.2, 0.25) is 0 Å². The van der Waals surface area contributed by atoms with Crippen LogP contribution in [0.4, 0.5) is 5.69 Å². The molecule has 3 N–H and O–H groups in total. The average Bonchev–Trinajstić information content (AvgIpc) is 2.32. The quantitative estimate of drug-likeness (QED) is 0.844. The van der Waals surface area contributed by atoms with E-state index in [1.807, 2.05) is 6.07 Å². The first kappa shape index (κ1) is 12.9. The summed E-state index contributed by atoms with van der Waals surface area (Å²) in [6, 6.07) is 6.08. The normalized spacial score (nSPS) is 19.2. The van der Waals surface area contributed by atoms with Crippen LogP contribution in [-0.2, 0) is 11.3 Å². The number of halogens is 1. The number of nitrogens with one attached hydrogen (secondary N) is 1. The van der Waals surface area contributed by atoms with Crippen LogP contribution in [0.15, 0.2) is 22.7 Å². The summed E-state index contributed by atoms with van der Waals surface area (Å²) >= 11 is 3.45. The Morgan fingerprint density at radius 2 is 2.12 bits per heavy atom. The molecule has 1 fully saturated rings. The first-order chi connectivity index (χ1) is 8.09. The van der Waals surface area contributed by atoms with E-state index in [2.05, 4.69) is 40.3 Å².